The maximum absolute atomic E-state index is 10.3. The van der Waals surface area contributed by atoms with Gasteiger partial charge in [0, 0.05) is 17.4 Å². The van der Waals surface area contributed by atoms with Crippen LogP contribution in [0.15, 0.2) is 41.3 Å². The smallest absolute Gasteiger partial charge is 0.0996 e. The van der Waals surface area contributed by atoms with E-state index in [9.17, 15) is 5.11 Å². The van der Waals surface area contributed by atoms with Gasteiger partial charge in [0.2, 0.25) is 0 Å². The number of aliphatic hydroxyl groups excluding tert-OH is 1. The maximum Gasteiger partial charge on any atom is 0.0996 e. The normalized spacial score (nSPS) is 12.6. The van der Waals surface area contributed by atoms with E-state index in [1.165, 1.54) is 0 Å². The first-order valence-corrected chi connectivity index (χ1v) is 6.93. The SMILES string of the molecule is CCCn1cncc1C(O)Cc1ccccc1Br. The van der Waals surface area contributed by atoms with Crippen LogP contribution in [0.4, 0.5) is 0 Å². The van der Waals surface area contributed by atoms with Gasteiger partial charge >= 0.3 is 0 Å². The quantitative estimate of drug-likeness (QED) is 0.920. The molecule has 0 aliphatic rings. The number of hydrogen-bond acceptors (Lipinski definition) is 2. The molecule has 1 aromatic heterocycles. The van der Waals surface area contributed by atoms with Gasteiger partial charge in [0.05, 0.1) is 24.3 Å². The molecule has 2 aromatic rings. The highest BCUT2D eigenvalue weighted by Crippen LogP contribution is 2.23. The molecule has 0 aliphatic carbocycles. The number of benzene rings is 1. The molecular formula is C14H17BrN2O. The van der Waals surface area contributed by atoms with Crippen LogP contribution in [0.1, 0.15) is 30.7 Å². The number of rotatable bonds is 5. The van der Waals surface area contributed by atoms with Gasteiger partial charge in [-0.2, -0.15) is 0 Å². The minimum absolute atomic E-state index is 0.516. The van der Waals surface area contributed by atoms with Crippen LogP contribution in [-0.2, 0) is 13.0 Å². The molecule has 0 aliphatic heterocycles. The summed E-state index contributed by atoms with van der Waals surface area (Å²) in [6, 6.07) is 7.97. The van der Waals surface area contributed by atoms with Crippen LogP contribution in [0.25, 0.3) is 0 Å². The number of aliphatic hydroxyl groups is 1. The zero-order chi connectivity index (χ0) is 13.0. The van der Waals surface area contributed by atoms with E-state index >= 15 is 0 Å². The molecule has 0 saturated heterocycles. The summed E-state index contributed by atoms with van der Waals surface area (Å²) in [5.74, 6) is 0. The highest BCUT2D eigenvalue weighted by atomic mass is 79.9. The molecule has 0 bridgehead atoms. The molecule has 0 radical (unpaired) electrons. The Balaban J connectivity index is 2.14. The lowest BCUT2D eigenvalue weighted by Crippen LogP contribution is -2.09. The highest BCUT2D eigenvalue weighted by Gasteiger charge is 2.14. The molecule has 18 heavy (non-hydrogen) atoms. The zero-order valence-corrected chi connectivity index (χ0v) is 12.0. The van der Waals surface area contributed by atoms with Gasteiger partial charge in [0.15, 0.2) is 0 Å². The van der Waals surface area contributed by atoms with Crippen LogP contribution < -0.4 is 0 Å². The Morgan fingerprint density at radius 2 is 2.17 bits per heavy atom. The van der Waals surface area contributed by atoms with Gasteiger partial charge < -0.3 is 9.67 Å². The minimum Gasteiger partial charge on any atom is -0.386 e. The highest BCUT2D eigenvalue weighted by molar-refractivity contribution is 9.10. The van der Waals surface area contributed by atoms with Gasteiger partial charge in [-0.3, -0.25) is 0 Å². The Bertz CT molecular complexity index is 510. The Kier molecular flexibility index (Phi) is 4.55. The van der Waals surface area contributed by atoms with E-state index < -0.39 is 6.10 Å². The summed E-state index contributed by atoms with van der Waals surface area (Å²) in [5, 5.41) is 10.3. The topological polar surface area (TPSA) is 38.0 Å². The van der Waals surface area contributed by atoms with Crippen molar-refractivity contribution in [3.63, 3.8) is 0 Å². The van der Waals surface area contributed by atoms with E-state index in [2.05, 4.69) is 27.8 Å². The third-order valence-corrected chi connectivity index (χ3v) is 3.70. The van der Waals surface area contributed by atoms with Crippen LogP contribution in [0, 0.1) is 0 Å². The fourth-order valence-electron chi connectivity index (χ4n) is 2.01. The second-order valence-corrected chi connectivity index (χ2v) is 5.18. The van der Waals surface area contributed by atoms with E-state index in [-0.39, 0.29) is 0 Å². The van der Waals surface area contributed by atoms with Crippen molar-refractivity contribution in [1.82, 2.24) is 9.55 Å². The van der Waals surface area contributed by atoms with Crippen LogP contribution in [0.2, 0.25) is 0 Å². The monoisotopic (exact) mass is 308 g/mol. The van der Waals surface area contributed by atoms with Gasteiger partial charge in [0.25, 0.3) is 0 Å². The Hall–Kier alpha value is -1.13. The molecule has 3 nitrogen and oxygen atoms in total. The molecule has 1 unspecified atom stereocenters. The molecule has 0 fully saturated rings. The summed E-state index contributed by atoms with van der Waals surface area (Å²) in [6.07, 6.45) is 4.64. The predicted octanol–water partition coefficient (Wildman–Crippen LogP) is 3.33. The number of halogens is 1. The van der Waals surface area contributed by atoms with E-state index in [4.69, 9.17) is 0 Å². The van der Waals surface area contributed by atoms with Crippen molar-refractivity contribution < 1.29 is 5.11 Å². The lowest BCUT2D eigenvalue weighted by Gasteiger charge is -2.14. The number of aromatic nitrogens is 2. The molecule has 0 amide bonds. The van der Waals surface area contributed by atoms with Gasteiger partial charge in [-0.05, 0) is 18.1 Å². The third-order valence-electron chi connectivity index (χ3n) is 2.92. The lowest BCUT2D eigenvalue weighted by molar-refractivity contribution is 0.168. The standard InChI is InChI=1S/C14H17BrN2O/c1-2-7-17-10-16-9-13(17)14(18)8-11-5-3-4-6-12(11)15/h3-6,9-10,14,18H,2,7-8H2,1H3. The molecule has 1 heterocycles. The average molecular weight is 309 g/mol. The average Bonchev–Trinajstić information content (AvgIpc) is 2.81. The van der Waals surface area contributed by atoms with Gasteiger partial charge in [0.1, 0.15) is 0 Å². The number of imidazole rings is 1. The maximum atomic E-state index is 10.3. The summed E-state index contributed by atoms with van der Waals surface area (Å²) < 4.78 is 3.05. The van der Waals surface area contributed by atoms with E-state index in [1.54, 1.807) is 12.5 Å². The Labute approximate surface area is 116 Å². The van der Waals surface area contributed by atoms with Crippen LogP contribution >= 0.6 is 15.9 Å². The van der Waals surface area contributed by atoms with Crippen molar-refractivity contribution in [2.75, 3.05) is 0 Å². The molecule has 2 rings (SSSR count). The van der Waals surface area contributed by atoms with Gasteiger partial charge in [-0.15, -0.1) is 0 Å². The van der Waals surface area contributed by atoms with E-state index in [0.29, 0.717) is 6.42 Å². The van der Waals surface area contributed by atoms with Crippen molar-refractivity contribution >= 4 is 15.9 Å². The fraction of sp³-hybridized carbons (Fsp3) is 0.357. The Morgan fingerprint density at radius 1 is 1.39 bits per heavy atom. The van der Waals surface area contributed by atoms with Crippen LogP contribution in [0.3, 0.4) is 0 Å². The minimum atomic E-state index is -0.516. The molecule has 0 saturated carbocycles. The van der Waals surface area contributed by atoms with Crippen LogP contribution in [-0.4, -0.2) is 14.7 Å². The van der Waals surface area contributed by atoms with Crippen molar-refractivity contribution in [2.45, 2.75) is 32.4 Å². The number of aryl methyl sites for hydroxylation is 1. The van der Waals surface area contributed by atoms with Crippen molar-refractivity contribution in [2.24, 2.45) is 0 Å². The number of nitrogens with zero attached hydrogens (tertiary/aromatic N) is 2. The van der Waals surface area contributed by atoms with Crippen molar-refractivity contribution in [1.29, 1.82) is 0 Å². The lowest BCUT2D eigenvalue weighted by atomic mass is 10.1. The number of hydrogen-bond donors (Lipinski definition) is 1. The van der Waals surface area contributed by atoms with Crippen molar-refractivity contribution in [3.05, 3.63) is 52.5 Å². The summed E-state index contributed by atoms with van der Waals surface area (Å²) in [6.45, 7) is 3.01. The summed E-state index contributed by atoms with van der Waals surface area (Å²) in [4.78, 5) is 4.12. The van der Waals surface area contributed by atoms with Crippen LogP contribution in [0.5, 0.6) is 0 Å². The van der Waals surface area contributed by atoms with Gasteiger partial charge in [-0.1, -0.05) is 41.1 Å². The second kappa shape index (κ2) is 6.16. The molecule has 1 aromatic carbocycles. The third kappa shape index (κ3) is 3.00. The second-order valence-electron chi connectivity index (χ2n) is 4.32. The molecular weight excluding hydrogens is 292 g/mol. The molecule has 1 N–H and O–H groups in total. The zero-order valence-electron chi connectivity index (χ0n) is 10.4. The van der Waals surface area contributed by atoms with Gasteiger partial charge in [-0.25, -0.2) is 4.98 Å². The summed E-state index contributed by atoms with van der Waals surface area (Å²) in [7, 11) is 0. The summed E-state index contributed by atoms with van der Waals surface area (Å²) in [5.41, 5.74) is 1.99. The molecule has 1 atom stereocenters. The molecule has 96 valence electrons. The first kappa shape index (κ1) is 13.3. The molecule has 0 spiro atoms. The Morgan fingerprint density at radius 3 is 2.89 bits per heavy atom. The molecule has 4 heteroatoms. The summed E-state index contributed by atoms with van der Waals surface area (Å²) >= 11 is 3.50. The largest absolute Gasteiger partial charge is 0.386 e. The van der Waals surface area contributed by atoms with Crippen molar-refractivity contribution in [3.8, 4) is 0 Å². The van der Waals surface area contributed by atoms with E-state index in [1.807, 2.05) is 28.8 Å². The fourth-order valence-corrected chi connectivity index (χ4v) is 2.46. The predicted molar refractivity (Wildman–Crippen MR) is 75.3 cm³/mol. The van der Waals surface area contributed by atoms with E-state index in [0.717, 1.165) is 28.7 Å². The first-order chi connectivity index (χ1) is 8.72. The first-order valence-electron chi connectivity index (χ1n) is 6.14.